The molecular formula is C23H20F2N2O3. The first-order valence-corrected chi connectivity index (χ1v) is 9.65. The van der Waals surface area contributed by atoms with Crippen molar-refractivity contribution in [3.63, 3.8) is 0 Å². The molecule has 3 aromatic rings. The zero-order valence-electron chi connectivity index (χ0n) is 16.2. The summed E-state index contributed by atoms with van der Waals surface area (Å²) in [7, 11) is 0. The van der Waals surface area contributed by atoms with E-state index in [1.54, 1.807) is 4.90 Å². The van der Waals surface area contributed by atoms with E-state index in [0.29, 0.717) is 24.9 Å². The van der Waals surface area contributed by atoms with Crippen LogP contribution in [0.1, 0.15) is 10.4 Å². The number of ether oxygens (including phenoxy) is 1. The molecular weight excluding hydrogens is 390 g/mol. The van der Waals surface area contributed by atoms with Crippen molar-refractivity contribution in [1.82, 2.24) is 9.80 Å². The minimum atomic E-state index is -0.887. The Bertz CT molecular complexity index is 1090. The van der Waals surface area contributed by atoms with E-state index in [1.807, 2.05) is 42.5 Å². The van der Waals surface area contributed by atoms with Gasteiger partial charge in [0.2, 0.25) is 0 Å². The third-order valence-corrected chi connectivity index (χ3v) is 5.18. The van der Waals surface area contributed by atoms with Gasteiger partial charge in [0, 0.05) is 37.6 Å². The van der Waals surface area contributed by atoms with Crippen LogP contribution in [-0.4, -0.2) is 54.4 Å². The Morgan fingerprint density at radius 3 is 2.33 bits per heavy atom. The SMILES string of the molecule is O=C(COc1cccc2ccccc12)N1CCN(C(=O)c2ccc(F)cc2F)CC1. The zero-order valence-corrected chi connectivity index (χ0v) is 16.2. The number of halogens is 2. The second-order valence-corrected chi connectivity index (χ2v) is 7.06. The van der Waals surface area contributed by atoms with Crippen LogP contribution in [0.5, 0.6) is 5.75 Å². The predicted octanol–water partition coefficient (Wildman–Crippen LogP) is 3.48. The van der Waals surface area contributed by atoms with Crippen LogP contribution in [0.4, 0.5) is 8.78 Å². The number of carbonyl (C=O) groups excluding carboxylic acids is 2. The molecule has 2 amide bonds. The number of rotatable bonds is 4. The summed E-state index contributed by atoms with van der Waals surface area (Å²) >= 11 is 0. The molecule has 1 aliphatic heterocycles. The topological polar surface area (TPSA) is 49.9 Å². The second-order valence-electron chi connectivity index (χ2n) is 7.06. The summed E-state index contributed by atoms with van der Waals surface area (Å²) in [6.45, 7) is 1.10. The summed E-state index contributed by atoms with van der Waals surface area (Å²) < 4.78 is 32.7. The van der Waals surface area contributed by atoms with Gasteiger partial charge < -0.3 is 14.5 Å². The lowest BCUT2D eigenvalue weighted by atomic mass is 10.1. The minimum absolute atomic E-state index is 0.103. The van der Waals surface area contributed by atoms with E-state index < -0.39 is 17.5 Å². The largest absolute Gasteiger partial charge is 0.483 e. The fourth-order valence-corrected chi connectivity index (χ4v) is 3.54. The third-order valence-electron chi connectivity index (χ3n) is 5.18. The third kappa shape index (κ3) is 4.10. The molecule has 0 spiro atoms. The molecule has 1 saturated heterocycles. The quantitative estimate of drug-likeness (QED) is 0.662. The van der Waals surface area contributed by atoms with Crippen LogP contribution in [0.15, 0.2) is 60.7 Å². The van der Waals surface area contributed by atoms with E-state index in [9.17, 15) is 18.4 Å². The monoisotopic (exact) mass is 410 g/mol. The number of fused-ring (bicyclic) bond motifs is 1. The van der Waals surface area contributed by atoms with Gasteiger partial charge >= 0.3 is 0 Å². The van der Waals surface area contributed by atoms with E-state index in [-0.39, 0.29) is 31.2 Å². The molecule has 0 aromatic heterocycles. The smallest absolute Gasteiger partial charge is 0.260 e. The number of carbonyl (C=O) groups is 2. The Balaban J connectivity index is 1.33. The molecule has 3 aromatic carbocycles. The molecule has 4 rings (SSSR count). The number of hydrogen-bond acceptors (Lipinski definition) is 3. The summed E-state index contributed by atoms with van der Waals surface area (Å²) in [6.07, 6.45) is 0. The highest BCUT2D eigenvalue weighted by Gasteiger charge is 2.26. The predicted molar refractivity (Wildman–Crippen MR) is 108 cm³/mol. The van der Waals surface area contributed by atoms with E-state index >= 15 is 0 Å². The van der Waals surface area contributed by atoms with Crippen molar-refractivity contribution in [2.24, 2.45) is 0 Å². The highest BCUT2D eigenvalue weighted by atomic mass is 19.1. The Kier molecular flexibility index (Phi) is 5.61. The molecule has 0 N–H and O–H groups in total. The molecule has 0 aliphatic carbocycles. The fraction of sp³-hybridized carbons (Fsp3) is 0.217. The summed E-state index contributed by atoms with van der Waals surface area (Å²) in [6, 6.07) is 16.3. The van der Waals surface area contributed by atoms with Gasteiger partial charge in [0.05, 0.1) is 5.56 Å². The van der Waals surface area contributed by atoms with Gasteiger partial charge in [-0.3, -0.25) is 9.59 Å². The molecule has 0 radical (unpaired) electrons. The van der Waals surface area contributed by atoms with Crippen molar-refractivity contribution in [3.05, 3.63) is 77.9 Å². The first-order chi connectivity index (χ1) is 14.5. The summed E-state index contributed by atoms with van der Waals surface area (Å²) in [4.78, 5) is 28.1. The Labute approximate surface area is 172 Å². The van der Waals surface area contributed by atoms with Crippen molar-refractivity contribution in [3.8, 4) is 5.75 Å². The molecule has 1 aliphatic rings. The first kappa shape index (κ1) is 19.8. The van der Waals surface area contributed by atoms with Crippen LogP contribution in [0.3, 0.4) is 0 Å². The molecule has 5 nitrogen and oxygen atoms in total. The lowest BCUT2D eigenvalue weighted by molar-refractivity contribution is -0.134. The molecule has 0 bridgehead atoms. The molecule has 0 atom stereocenters. The van der Waals surface area contributed by atoms with Crippen LogP contribution in [0, 0.1) is 11.6 Å². The Hall–Kier alpha value is -3.48. The summed E-state index contributed by atoms with van der Waals surface area (Å²) in [5, 5.41) is 1.96. The number of nitrogens with zero attached hydrogens (tertiary/aromatic N) is 2. The maximum absolute atomic E-state index is 13.9. The lowest BCUT2D eigenvalue weighted by Crippen LogP contribution is -2.51. The van der Waals surface area contributed by atoms with Crippen LogP contribution in [0.2, 0.25) is 0 Å². The molecule has 30 heavy (non-hydrogen) atoms. The van der Waals surface area contributed by atoms with E-state index in [2.05, 4.69) is 0 Å². The van der Waals surface area contributed by atoms with Gasteiger partial charge in [-0.05, 0) is 23.6 Å². The van der Waals surface area contributed by atoms with Crippen molar-refractivity contribution < 1.29 is 23.1 Å². The van der Waals surface area contributed by atoms with Gasteiger partial charge in [-0.2, -0.15) is 0 Å². The normalized spacial score (nSPS) is 14.1. The average molecular weight is 410 g/mol. The van der Waals surface area contributed by atoms with Gasteiger partial charge in [-0.15, -0.1) is 0 Å². The van der Waals surface area contributed by atoms with E-state index in [4.69, 9.17) is 4.74 Å². The van der Waals surface area contributed by atoms with Crippen LogP contribution >= 0.6 is 0 Å². The van der Waals surface area contributed by atoms with Gasteiger partial charge in [-0.25, -0.2) is 8.78 Å². The van der Waals surface area contributed by atoms with Crippen molar-refractivity contribution in [2.45, 2.75) is 0 Å². The molecule has 154 valence electrons. The van der Waals surface area contributed by atoms with E-state index in [0.717, 1.165) is 22.9 Å². The zero-order chi connectivity index (χ0) is 21.1. The highest BCUT2D eigenvalue weighted by molar-refractivity contribution is 5.94. The Morgan fingerprint density at radius 2 is 1.57 bits per heavy atom. The second kappa shape index (κ2) is 8.49. The number of hydrogen-bond donors (Lipinski definition) is 0. The standard InChI is InChI=1S/C23H20F2N2O3/c24-17-8-9-19(20(25)14-17)23(29)27-12-10-26(11-13-27)22(28)15-30-21-7-3-5-16-4-1-2-6-18(16)21/h1-9,14H,10-13,15H2. The Morgan fingerprint density at radius 1 is 0.867 bits per heavy atom. The number of benzene rings is 3. The molecule has 0 saturated carbocycles. The number of piperazine rings is 1. The van der Waals surface area contributed by atoms with E-state index in [1.165, 1.54) is 4.90 Å². The first-order valence-electron chi connectivity index (χ1n) is 9.65. The number of amides is 2. The maximum Gasteiger partial charge on any atom is 0.260 e. The fourth-order valence-electron chi connectivity index (χ4n) is 3.54. The van der Waals surface area contributed by atoms with Crippen molar-refractivity contribution in [2.75, 3.05) is 32.8 Å². The van der Waals surface area contributed by atoms with Crippen LogP contribution in [-0.2, 0) is 4.79 Å². The minimum Gasteiger partial charge on any atom is -0.483 e. The molecule has 0 unspecified atom stereocenters. The van der Waals surface area contributed by atoms with Crippen LogP contribution < -0.4 is 4.74 Å². The van der Waals surface area contributed by atoms with Gasteiger partial charge in [0.1, 0.15) is 17.4 Å². The van der Waals surface area contributed by atoms with Gasteiger partial charge in [0.15, 0.2) is 6.61 Å². The average Bonchev–Trinajstić information content (AvgIpc) is 2.77. The molecule has 1 fully saturated rings. The lowest BCUT2D eigenvalue weighted by Gasteiger charge is -2.34. The maximum atomic E-state index is 13.9. The summed E-state index contributed by atoms with van der Waals surface area (Å²) in [5.41, 5.74) is -0.171. The summed E-state index contributed by atoms with van der Waals surface area (Å²) in [5.74, 6) is -1.66. The van der Waals surface area contributed by atoms with Crippen molar-refractivity contribution >= 4 is 22.6 Å². The highest BCUT2D eigenvalue weighted by Crippen LogP contribution is 2.25. The molecule has 1 heterocycles. The molecule has 7 heteroatoms. The van der Waals surface area contributed by atoms with Gasteiger partial charge in [0.25, 0.3) is 11.8 Å². The van der Waals surface area contributed by atoms with Gasteiger partial charge in [-0.1, -0.05) is 36.4 Å². The van der Waals surface area contributed by atoms with Crippen molar-refractivity contribution in [1.29, 1.82) is 0 Å². The van der Waals surface area contributed by atoms with Crippen LogP contribution in [0.25, 0.3) is 10.8 Å².